The molecule has 0 aliphatic heterocycles. The number of hydrogen-bond donors (Lipinski definition) is 1. The van der Waals surface area contributed by atoms with E-state index >= 15 is 0 Å². The third-order valence-corrected chi connectivity index (χ3v) is 5.60. The fraction of sp³-hybridized carbons (Fsp3) is 0. The lowest BCUT2D eigenvalue weighted by Crippen LogP contribution is -2.16. The summed E-state index contributed by atoms with van der Waals surface area (Å²) in [6, 6.07) is 7.40. The fourth-order valence-electron chi connectivity index (χ4n) is 2.50. The quantitative estimate of drug-likeness (QED) is 0.320. The molecule has 8 nitrogen and oxygen atoms in total. The highest BCUT2D eigenvalue weighted by molar-refractivity contribution is 7.18. The van der Waals surface area contributed by atoms with Gasteiger partial charge in [0.2, 0.25) is 0 Å². The number of phenolic OH excluding ortho intramolecular Hbond substituents is 1. The first-order chi connectivity index (χ1) is 13.0. The second-order valence-electron chi connectivity index (χ2n) is 5.45. The van der Waals surface area contributed by atoms with E-state index in [-0.39, 0.29) is 22.6 Å². The average molecular weight is 398 g/mol. The van der Waals surface area contributed by atoms with Crippen LogP contribution in [0.3, 0.4) is 0 Å². The standard InChI is InChI=1S/C17H10N4O4S2/c22-13-4-3-11(21(24)25)6-10(13)7-19-20-9-18-16-15(17(20)23)12(8-27-16)14-2-1-5-26-14/h1-9,22H/b19-7-. The predicted octanol–water partition coefficient (Wildman–Crippen LogP) is 3.68. The Hall–Kier alpha value is -3.37. The van der Waals surface area contributed by atoms with E-state index in [0.717, 1.165) is 15.1 Å². The van der Waals surface area contributed by atoms with Crippen molar-refractivity contribution in [2.75, 3.05) is 0 Å². The molecule has 1 N–H and O–H groups in total. The number of benzene rings is 1. The summed E-state index contributed by atoms with van der Waals surface area (Å²) in [5.74, 6) is -0.179. The summed E-state index contributed by atoms with van der Waals surface area (Å²) in [6.07, 6.45) is 2.47. The number of phenols is 1. The normalized spacial score (nSPS) is 11.4. The van der Waals surface area contributed by atoms with Gasteiger partial charge in [0.1, 0.15) is 16.9 Å². The fourth-order valence-corrected chi connectivity index (χ4v) is 4.22. The summed E-state index contributed by atoms with van der Waals surface area (Å²) in [7, 11) is 0. The third kappa shape index (κ3) is 3.11. The molecule has 0 amide bonds. The highest BCUT2D eigenvalue weighted by Crippen LogP contribution is 2.33. The second kappa shape index (κ2) is 6.74. The number of aromatic nitrogens is 2. The molecule has 0 unspecified atom stereocenters. The van der Waals surface area contributed by atoms with E-state index in [4.69, 9.17) is 0 Å². The van der Waals surface area contributed by atoms with Gasteiger partial charge in [-0.25, -0.2) is 4.98 Å². The van der Waals surface area contributed by atoms with Crippen LogP contribution < -0.4 is 5.56 Å². The topological polar surface area (TPSA) is 111 Å². The zero-order chi connectivity index (χ0) is 19.0. The Labute approximate surface area is 159 Å². The molecule has 10 heteroatoms. The minimum atomic E-state index is -0.574. The monoisotopic (exact) mass is 398 g/mol. The van der Waals surface area contributed by atoms with Crippen LogP contribution in [0.25, 0.3) is 20.7 Å². The number of nitro benzene ring substituents is 1. The molecule has 134 valence electrons. The molecular formula is C17H10N4O4S2. The van der Waals surface area contributed by atoms with Crippen molar-refractivity contribution in [3.63, 3.8) is 0 Å². The van der Waals surface area contributed by atoms with Crippen molar-refractivity contribution in [3.8, 4) is 16.2 Å². The van der Waals surface area contributed by atoms with Gasteiger partial charge in [-0.1, -0.05) is 6.07 Å². The Morgan fingerprint density at radius 2 is 2.15 bits per heavy atom. The number of aromatic hydroxyl groups is 1. The van der Waals surface area contributed by atoms with Crippen molar-refractivity contribution in [2.24, 2.45) is 5.10 Å². The molecule has 0 saturated carbocycles. The molecule has 27 heavy (non-hydrogen) atoms. The van der Waals surface area contributed by atoms with Crippen molar-refractivity contribution in [2.45, 2.75) is 0 Å². The molecule has 3 aromatic heterocycles. The van der Waals surface area contributed by atoms with Gasteiger partial charge in [-0.3, -0.25) is 14.9 Å². The Balaban J connectivity index is 1.79. The van der Waals surface area contributed by atoms with Crippen LogP contribution in [-0.4, -0.2) is 25.9 Å². The van der Waals surface area contributed by atoms with Crippen molar-refractivity contribution in [3.05, 3.63) is 73.5 Å². The Morgan fingerprint density at radius 3 is 2.89 bits per heavy atom. The van der Waals surface area contributed by atoms with Gasteiger partial charge in [-0.2, -0.15) is 9.78 Å². The maximum Gasteiger partial charge on any atom is 0.283 e. The summed E-state index contributed by atoms with van der Waals surface area (Å²) < 4.78 is 1.05. The first kappa shape index (κ1) is 17.1. The third-order valence-electron chi connectivity index (χ3n) is 3.81. The van der Waals surface area contributed by atoms with Crippen LogP contribution in [0, 0.1) is 10.1 Å². The highest BCUT2D eigenvalue weighted by Gasteiger charge is 2.14. The van der Waals surface area contributed by atoms with Crippen molar-refractivity contribution in [1.82, 2.24) is 9.66 Å². The molecule has 0 saturated heterocycles. The van der Waals surface area contributed by atoms with Crippen LogP contribution >= 0.6 is 22.7 Å². The second-order valence-corrected chi connectivity index (χ2v) is 7.25. The molecule has 0 fully saturated rings. The minimum Gasteiger partial charge on any atom is -0.507 e. The molecule has 4 rings (SSSR count). The smallest absolute Gasteiger partial charge is 0.283 e. The minimum absolute atomic E-state index is 0.125. The number of fused-ring (bicyclic) bond motifs is 1. The van der Waals surface area contributed by atoms with E-state index in [1.165, 1.54) is 53.4 Å². The van der Waals surface area contributed by atoms with Crippen molar-refractivity contribution >= 4 is 44.8 Å². The lowest BCUT2D eigenvalue weighted by atomic mass is 10.2. The number of rotatable bonds is 4. The molecule has 0 spiro atoms. The molecule has 3 heterocycles. The molecular weight excluding hydrogens is 388 g/mol. The number of hydrogen-bond acceptors (Lipinski definition) is 8. The van der Waals surface area contributed by atoms with Crippen molar-refractivity contribution < 1.29 is 10.0 Å². The van der Waals surface area contributed by atoms with Crippen LogP contribution in [-0.2, 0) is 0 Å². The molecule has 0 atom stereocenters. The molecule has 0 aliphatic rings. The first-order valence-electron chi connectivity index (χ1n) is 7.59. The van der Waals surface area contributed by atoms with Crippen LogP contribution in [0.5, 0.6) is 5.75 Å². The van der Waals surface area contributed by atoms with E-state index in [2.05, 4.69) is 10.1 Å². The molecule has 0 radical (unpaired) electrons. The van der Waals surface area contributed by atoms with E-state index in [9.17, 15) is 20.0 Å². The van der Waals surface area contributed by atoms with Gasteiger partial charge >= 0.3 is 0 Å². The van der Waals surface area contributed by atoms with Gasteiger partial charge in [0.15, 0.2) is 0 Å². The van der Waals surface area contributed by atoms with Gasteiger partial charge in [0.25, 0.3) is 11.2 Å². The lowest BCUT2D eigenvalue weighted by molar-refractivity contribution is -0.384. The lowest BCUT2D eigenvalue weighted by Gasteiger charge is -2.01. The number of nitro groups is 1. The predicted molar refractivity (Wildman–Crippen MR) is 105 cm³/mol. The molecule has 0 bridgehead atoms. The zero-order valence-electron chi connectivity index (χ0n) is 13.5. The van der Waals surface area contributed by atoms with Gasteiger partial charge in [0, 0.05) is 33.5 Å². The number of thiophene rings is 2. The summed E-state index contributed by atoms with van der Waals surface area (Å²) in [4.78, 5) is 29.0. The van der Waals surface area contributed by atoms with E-state index in [0.29, 0.717) is 10.2 Å². The summed E-state index contributed by atoms with van der Waals surface area (Å²) in [5, 5.41) is 29.0. The molecule has 1 aromatic carbocycles. The van der Waals surface area contributed by atoms with Gasteiger partial charge in [0.05, 0.1) is 16.5 Å². The zero-order valence-corrected chi connectivity index (χ0v) is 15.1. The number of non-ortho nitro benzene ring substituents is 1. The van der Waals surface area contributed by atoms with Gasteiger partial charge in [-0.15, -0.1) is 22.7 Å². The van der Waals surface area contributed by atoms with Crippen LogP contribution in [0.1, 0.15) is 5.56 Å². The maximum absolute atomic E-state index is 12.8. The van der Waals surface area contributed by atoms with Crippen molar-refractivity contribution in [1.29, 1.82) is 0 Å². The first-order valence-corrected chi connectivity index (χ1v) is 9.35. The molecule has 4 aromatic rings. The maximum atomic E-state index is 12.8. The van der Waals surface area contributed by atoms with Crippen LogP contribution in [0.4, 0.5) is 5.69 Å². The van der Waals surface area contributed by atoms with E-state index < -0.39 is 4.92 Å². The Morgan fingerprint density at radius 1 is 1.30 bits per heavy atom. The number of nitrogens with zero attached hydrogens (tertiary/aromatic N) is 4. The van der Waals surface area contributed by atoms with Gasteiger partial charge < -0.3 is 5.11 Å². The van der Waals surface area contributed by atoms with Gasteiger partial charge in [-0.05, 0) is 17.5 Å². The van der Waals surface area contributed by atoms with E-state index in [1.807, 2.05) is 22.9 Å². The summed E-state index contributed by atoms with van der Waals surface area (Å²) in [6.45, 7) is 0. The van der Waals surface area contributed by atoms with Crippen LogP contribution in [0.15, 0.2) is 57.3 Å². The Bertz CT molecular complexity index is 1240. The largest absolute Gasteiger partial charge is 0.507 e. The van der Waals surface area contributed by atoms with Crippen LogP contribution in [0.2, 0.25) is 0 Å². The highest BCUT2D eigenvalue weighted by atomic mass is 32.1. The SMILES string of the molecule is O=c1c2c(-c3cccs3)csc2ncn1/N=C\c1cc([N+](=O)[O-])ccc1O. The van der Waals surface area contributed by atoms with E-state index in [1.54, 1.807) is 0 Å². The summed E-state index contributed by atoms with van der Waals surface area (Å²) in [5.41, 5.74) is 0.379. The molecule has 0 aliphatic carbocycles. The average Bonchev–Trinajstić information content (AvgIpc) is 3.31. The summed E-state index contributed by atoms with van der Waals surface area (Å²) >= 11 is 2.89. The Kier molecular flexibility index (Phi) is 4.26.